The number of hydrazine groups is 1. The molecule has 17 heavy (non-hydrogen) atoms. The largest absolute Gasteiger partial charge is 0.340 e. The molecular weight excluding hydrogens is 226 g/mol. The van der Waals surface area contributed by atoms with E-state index in [-0.39, 0.29) is 5.69 Å². The first-order chi connectivity index (χ1) is 8.17. The van der Waals surface area contributed by atoms with Crippen molar-refractivity contribution in [2.45, 2.75) is 0 Å². The van der Waals surface area contributed by atoms with Crippen LogP contribution in [0, 0.1) is 11.6 Å². The Morgan fingerprint density at radius 3 is 2.29 bits per heavy atom. The number of nitrogen functional groups attached to an aromatic ring is 1. The van der Waals surface area contributed by atoms with Crippen LogP contribution in [-0.2, 0) is 0 Å². The van der Waals surface area contributed by atoms with Crippen LogP contribution in [0.5, 0.6) is 0 Å². The van der Waals surface area contributed by atoms with Crippen molar-refractivity contribution < 1.29 is 8.78 Å². The molecule has 0 saturated carbocycles. The van der Waals surface area contributed by atoms with E-state index in [2.05, 4.69) is 15.7 Å². The number of pyridine rings is 1. The second kappa shape index (κ2) is 4.75. The predicted molar refractivity (Wildman–Crippen MR) is 61.7 cm³/mol. The van der Waals surface area contributed by atoms with Crippen molar-refractivity contribution in [1.82, 2.24) is 4.98 Å². The van der Waals surface area contributed by atoms with E-state index in [1.165, 1.54) is 12.1 Å². The Hall–Kier alpha value is -2.21. The van der Waals surface area contributed by atoms with Crippen LogP contribution in [0.3, 0.4) is 0 Å². The molecule has 2 aromatic rings. The normalized spacial score (nSPS) is 10.1. The Kier molecular flexibility index (Phi) is 3.15. The molecule has 0 aliphatic heterocycles. The van der Waals surface area contributed by atoms with Crippen LogP contribution in [0.2, 0.25) is 0 Å². The molecule has 0 radical (unpaired) electrons. The Labute approximate surface area is 96.4 Å². The summed E-state index contributed by atoms with van der Waals surface area (Å²) in [6.45, 7) is 0. The topological polar surface area (TPSA) is 63.0 Å². The number of nitrogens with one attached hydrogen (secondary N) is 2. The molecule has 88 valence electrons. The number of aromatic nitrogens is 1. The van der Waals surface area contributed by atoms with E-state index in [9.17, 15) is 8.78 Å². The van der Waals surface area contributed by atoms with Gasteiger partial charge in [0.2, 0.25) is 0 Å². The highest BCUT2D eigenvalue weighted by atomic mass is 19.1. The standard InChI is InChI=1S/C11H10F2N4/c12-7-4-8(13)6-9(5-7)15-10-2-1-3-11(16-10)17-14/h1-6H,14H2,(H2,15,16,17). The third-order valence-electron chi connectivity index (χ3n) is 2.03. The number of nitrogens with two attached hydrogens (primary N) is 1. The Morgan fingerprint density at radius 2 is 1.65 bits per heavy atom. The molecule has 1 heterocycles. The summed E-state index contributed by atoms with van der Waals surface area (Å²) in [6, 6.07) is 8.18. The first-order valence-electron chi connectivity index (χ1n) is 4.84. The molecule has 0 saturated heterocycles. The summed E-state index contributed by atoms with van der Waals surface area (Å²) >= 11 is 0. The van der Waals surface area contributed by atoms with Crippen molar-refractivity contribution in [3.8, 4) is 0 Å². The highest BCUT2D eigenvalue weighted by Gasteiger charge is 2.02. The summed E-state index contributed by atoms with van der Waals surface area (Å²) in [6.07, 6.45) is 0. The Bertz CT molecular complexity index is 510. The molecule has 0 unspecified atom stereocenters. The van der Waals surface area contributed by atoms with E-state index in [1.807, 2.05) is 0 Å². The monoisotopic (exact) mass is 236 g/mol. The minimum absolute atomic E-state index is 0.282. The maximum atomic E-state index is 12.9. The average Bonchev–Trinajstić information content (AvgIpc) is 2.28. The fraction of sp³-hybridized carbons (Fsp3) is 0. The molecule has 4 nitrogen and oxygen atoms in total. The van der Waals surface area contributed by atoms with E-state index in [4.69, 9.17) is 5.84 Å². The van der Waals surface area contributed by atoms with Gasteiger partial charge in [-0.2, -0.15) is 0 Å². The van der Waals surface area contributed by atoms with Gasteiger partial charge in [-0.05, 0) is 24.3 Å². The van der Waals surface area contributed by atoms with E-state index < -0.39 is 11.6 Å². The second-order valence-electron chi connectivity index (χ2n) is 3.34. The van der Waals surface area contributed by atoms with Crippen LogP contribution >= 0.6 is 0 Å². The summed E-state index contributed by atoms with van der Waals surface area (Å²) < 4.78 is 25.9. The fourth-order valence-electron chi connectivity index (χ4n) is 1.36. The van der Waals surface area contributed by atoms with Gasteiger partial charge in [0.1, 0.15) is 23.3 Å². The molecule has 0 aliphatic carbocycles. The third-order valence-corrected chi connectivity index (χ3v) is 2.03. The van der Waals surface area contributed by atoms with Crippen molar-refractivity contribution in [2.75, 3.05) is 10.7 Å². The van der Waals surface area contributed by atoms with E-state index in [0.717, 1.165) is 6.07 Å². The Balaban J connectivity index is 2.24. The molecule has 0 spiro atoms. The van der Waals surface area contributed by atoms with Gasteiger partial charge in [-0.3, -0.25) is 0 Å². The number of rotatable bonds is 3. The second-order valence-corrected chi connectivity index (χ2v) is 3.34. The van der Waals surface area contributed by atoms with Crippen LogP contribution in [0.4, 0.5) is 26.1 Å². The highest BCUT2D eigenvalue weighted by molar-refractivity contribution is 5.57. The lowest BCUT2D eigenvalue weighted by atomic mass is 10.3. The molecule has 1 aromatic carbocycles. The maximum Gasteiger partial charge on any atom is 0.142 e. The van der Waals surface area contributed by atoms with E-state index in [0.29, 0.717) is 11.6 Å². The molecule has 2 rings (SSSR count). The van der Waals surface area contributed by atoms with Gasteiger partial charge in [-0.25, -0.2) is 19.6 Å². The number of halogens is 2. The summed E-state index contributed by atoms with van der Waals surface area (Å²) in [5.41, 5.74) is 2.66. The lowest BCUT2D eigenvalue weighted by Crippen LogP contribution is -2.09. The number of anilines is 3. The van der Waals surface area contributed by atoms with Crippen LogP contribution in [0.1, 0.15) is 0 Å². The number of nitrogens with zero attached hydrogens (tertiary/aromatic N) is 1. The van der Waals surface area contributed by atoms with Crippen LogP contribution in [-0.4, -0.2) is 4.98 Å². The van der Waals surface area contributed by atoms with Crippen LogP contribution in [0.15, 0.2) is 36.4 Å². The van der Waals surface area contributed by atoms with Gasteiger partial charge in [-0.15, -0.1) is 0 Å². The molecule has 0 fully saturated rings. The summed E-state index contributed by atoms with van der Waals surface area (Å²) in [7, 11) is 0. The van der Waals surface area contributed by atoms with Crippen LogP contribution < -0.4 is 16.6 Å². The molecule has 6 heteroatoms. The van der Waals surface area contributed by atoms with E-state index >= 15 is 0 Å². The van der Waals surface area contributed by atoms with Crippen molar-refractivity contribution in [3.05, 3.63) is 48.0 Å². The van der Waals surface area contributed by atoms with Crippen molar-refractivity contribution in [1.29, 1.82) is 0 Å². The molecule has 4 N–H and O–H groups in total. The number of hydrogen-bond donors (Lipinski definition) is 3. The minimum Gasteiger partial charge on any atom is -0.340 e. The fourth-order valence-corrected chi connectivity index (χ4v) is 1.36. The van der Waals surface area contributed by atoms with Gasteiger partial charge < -0.3 is 10.7 Å². The molecule has 1 aromatic heterocycles. The smallest absolute Gasteiger partial charge is 0.142 e. The lowest BCUT2D eigenvalue weighted by molar-refractivity contribution is 0.584. The first-order valence-corrected chi connectivity index (χ1v) is 4.84. The van der Waals surface area contributed by atoms with Gasteiger partial charge >= 0.3 is 0 Å². The number of hydrogen-bond acceptors (Lipinski definition) is 4. The van der Waals surface area contributed by atoms with Gasteiger partial charge in [0, 0.05) is 11.8 Å². The predicted octanol–water partition coefficient (Wildman–Crippen LogP) is 2.39. The lowest BCUT2D eigenvalue weighted by Gasteiger charge is -2.07. The zero-order valence-electron chi connectivity index (χ0n) is 8.74. The first kappa shape index (κ1) is 11.3. The molecular formula is C11H10F2N4. The van der Waals surface area contributed by atoms with Crippen LogP contribution in [0.25, 0.3) is 0 Å². The van der Waals surface area contributed by atoms with Gasteiger partial charge in [0.25, 0.3) is 0 Å². The van der Waals surface area contributed by atoms with Crippen molar-refractivity contribution in [3.63, 3.8) is 0 Å². The van der Waals surface area contributed by atoms with Gasteiger partial charge in [0.05, 0.1) is 0 Å². The summed E-state index contributed by atoms with van der Waals surface area (Å²) in [5.74, 6) is 4.78. The SMILES string of the molecule is NNc1cccc(Nc2cc(F)cc(F)c2)n1. The zero-order valence-corrected chi connectivity index (χ0v) is 8.74. The zero-order chi connectivity index (χ0) is 12.3. The number of benzene rings is 1. The van der Waals surface area contributed by atoms with Crippen molar-refractivity contribution >= 4 is 17.3 Å². The van der Waals surface area contributed by atoms with E-state index in [1.54, 1.807) is 18.2 Å². The summed E-state index contributed by atoms with van der Waals surface area (Å²) in [4.78, 5) is 4.05. The maximum absolute atomic E-state index is 12.9. The molecule has 0 amide bonds. The Morgan fingerprint density at radius 1 is 1.00 bits per heavy atom. The quantitative estimate of drug-likeness (QED) is 0.565. The van der Waals surface area contributed by atoms with Crippen molar-refractivity contribution in [2.24, 2.45) is 5.84 Å². The van der Waals surface area contributed by atoms with Gasteiger partial charge in [-0.1, -0.05) is 6.07 Å². The molecule has 0 atom stereocenters. The molecule has 0 bridgehead atoms. The highest BCUT2D eigenvalue weighted by Crippen LogP contribution is 2.18. The summed E-state index contributed by atoms with van der Waals surface area (Å²) in [5, 5.41) is 2.77. The van der Waals surface area contributed by atoms with Gasteiger partial charge in [0.15, 0.2) is 0 Å². The third kappa shape index (κ3) is 2.88. The average molecular weight is 236 g/mol. The molecule has 0 aliphatic rings. The minimum atomic E-state index is -0.652.